The number of amides is 2. The first-order valence-corrected chi connectivity index (χ1v) is 8.34. The summed E-state index contributed by atoms with van der Waals surface area (Å²) in [7, 11) is 1.63. The molecule has 0 spiro atoms. The quantitative estimate of drug-likeness (QED) is 0.775. The van der Waals surface area contributed by atoms with E-state index < -0.39 is 0 Å². The van der Waals surface area contributed by atoms with Crippen LogP contribution in [0.1, 0.15) is 31.7 Å². The molecule has 0 saturated heterocycles. The van der Waals surface area contributed by atoms with Gasteiger partial charge in [-0.3, -0.25) is 9.59 Å². The minimum atomic E-state index is -0.106. The van der Waals surface area contributed by atoms with Crippen LogP contribution in [0.3, 0.4) is 0 Å². The van der Waals surface area contributed by atoms with Crippen LogP contribution in [-0.2, 0) is 14.3 Å². The van der Waals surface area contributed by atoms with Crippen molar-refractivity contribution in [1.29, 1.82) is 0 Å². The van der Waals surface area contributed by atoms with E-state index in [0.29, 0.717) is 19.7 Å². The lowest BCUT2D eigenvalue weighted by Gasteiger charge is -2.33. The number of hydrogen-bond acceptors (Lipinski definition) is 4. The lowest BCUT2D eigenvalue weighted by atomic mass is 10.1. The number of fused-ring (bicyclic) bond motifs is 1. The molecule has 0 aliphatic carbocycles. The fraction of sp³-hybridized carbons (Fsp3) is 0.556. The van der Waals surface area contributed by atoms with Crippen molar-refractivity contribution in [2.45, 2.75) is 39.2 Å². The molecule has 1 unspecified atom stereocenters. The van der Waals surface area contributed by atoms with Gasteiger partial charge in [-0.2, -0.15) is 0 Å². The van der Waals surface area contributed by atoms with Gasteiger partial charge in [-0.15, -0.1) is 0 Å². The number of carbonyl (C=O) groups excluding carboxylic acids is 2. The zero-order valence-electron chi connectivity index (χ0n) is 14.6. The summed E-state index contributed by atoms with van der Waals surface area (Å²) >= 11 is 0. The normalized spacial score (nSPS) is 16.3. The van der Waals surface area contributed by atoms with Crippen molar-refractivity contribution >= 4 is 17.5 Å². The molecule has 2 rings (SSSR count). The van der Waals surface area contributed by atoms with Gasteiger partial charge < -0.3 is 19.7 Å². The molecule has 0 bridgehead atoms. The molecule has 132 valence electrons. The van der Waals surface area contributed by atoms with Gasteiger partial charge in [-0.1, -0.05) is 6.07 Å². The van der Waals surface area contributed by atoms with E-state index in [9.17, 15) is 9.59 Å². The van der Waals surface area contributed by atoms with Crippen molar-refractivity contribution < 1.29 is 19.1 Å². The lowest BCUT2D eigenvalue weighted by Crippen LogP contribution is -2.42. The molecule has 1 aromatic carbocycles. The van der Waals surface area contributed by atoms with Gasteiger partial charge in [0, 0.05) is 33.1 Å². The average Bonchev–Trinajstić information content (AvgIpc) is 2.56. The predicted octanol–water partition coefficient (Wildman–Crippen LogP) is 2.04. The van der Waals surface area contributed by atoms with E-state index in [-0.39, 0.29) is 30.8 Å². The molecular weight excluding hydrogens is 308 g/mol. The van der Waals surface area contributed by atoms with Crippen LogP contribution in [0.15, 0.2) is 18.2 Å². The number of anilines is 1. The average molecular weight is 334 g/mol. The topological polar surface area (TPSA) is 67.9 Å². The minimum absolute atomic E-state index is 0.0518. The number of nitrogens with one attached hydrogen (secondary N) is 1. The van der Waals surface area contributed by atoms with E-state index >= 15 is 0 Å². The van der Waals surface area contributed by atoms with Gasteiger partial charge in [0.05, 0.1) is 12.2 Å². The third-order valence-corrected chi connectivity index (χ3v) is 3.89. The zero-order chi connectivity index (χ0) is 17.5. The van der Waals surface area contributed by atoms with Gasteiger partial charge in [0.25, 0.3) is 0 Å². The second kappa shape index (κ2) is 8.68. The first kappa shape index (κ1) is 18.3. The van der Waals surface area contributed by atoms with E-state index in [0.717, 1.165) is 23.4 Å². The Bertz CT molecular complexity index is 588. The molecule has 24 heavy (non-hydrogen) atoms. The standard InChI is InChI=1S/C18H26N2O4/c1-13-5-6-16-15(11-13)20(12-14(2)24-16)18(22)8-7-17(21)19-9-4-10-23-3/h5-6,11,14H,4,7-10,12H2,1-3H3,(H,19,21). The summed E-state index contributed by atoms with van der Waals surface area (Å²) in [6, 6.07) is 5.81. The van der Waals surface area contributed by atoms with Crippen LogP contribution in [-0.4, -0.2) is 44.7 Å². The third kappa shape index (κ3) is 4.96. The van der Waals surface area contributed by atoms with Crippen molar-refractivity contribution in [3.05, 3.63) is 23.8 Å². The van der Waals surface area contributed by atoms with Crippen molar-refractivity contribution in [3.8, 4) is 5.75 Å². The lowest BCUT2D eigenvalue weighted by molar-refractivity contribution is -0.125. The summed E-state index contributed by atoms with van der Waals surface area (Å²) in [5.41, 5.74) is 1.86. The number of carbonyl (C=O) groups is 2. The van der Waals surface area contributed by atoms with E-state index in [2.05, 4.69) is 5.32 Å². The molecule has 0 aromatic heterocycles. The van der Waals surface area contributed by atoms with Gasteiger partial charge in [-0.25, -0.2) is 0 Å². The number of aryl methyl sites for hydroxylation is 1. The molecule has 1 N–H and O–H groups in total. The number of rotatable bonds is 7. The van der Waals surface area contributed by atoms with Gasteiger partial charge in [0.1, 0.15) is 11.9 Å². The molecule has 1 aromatic rings. The molecule has 6 heteroatoms. The minimum Gasteiger partial charge on any atom is -0.487 e. The number of ether oxygens (including phenoxy) is 2. The van der Waals surface area contributed by atoms with Crippen molar-refractivity contribution in [2.75, 3.05) is 31.7 Å². The van der Waals surface area contributed by atoms with Crippen LogP contribution in [0, 0.1) is 6.92 Å². The van der Waals surface area contributed by atoms with Crippen LogP contribution in [0.4, 0.5) is 5.69 Å². The highest BCUT2D eigenvalue weighted by Gasteiger charge is 2.27. The number of benzene rings is 1. The van der Waals surface area contributed by atoms with Crippen LogP contribution in [0.25, 0.3) is 0 Å². The van der Waals surface area contributed by atoms with E-state index in [4.69, 9.17) is 9.47 Å². The van der Waals surface area contributed by atoms with E-state index in [1.807, 2.05) is 32.0 Å². The second-order valence-corrected chi connectivity index (χ2v) is 6.10. The largest absolute Gasteiger partial charge is 0.487 e. The molecule has 0 saturated carbocycles. The van der Waals surface area contributed by atoms with E-state index in [1.54, 1.807) is 12.0 Å². The number of hydrogen-bond donors (Lipinski definition) is 1. The Labute approximate surface area is 143 Å². The Morgan fingerprint density at radius 1 is 1.38 bits per heavy atom. The third-order valence-electron chi connectivity index (χ3n) is 3.89. The van der Waals surface area contributed by atoms with Gasteiger partial charge in [0.2, 0.25) is 11.8 Å². The van der Waals surface area contributed by atoms with Gasteiger partial charge in [-0.05, 0) is 38.0 Å². The first-order chi connectivity index (χ1) is 11.5. The van der Waals surface area contributed by atoms with Crippen LogP contribution < -0.4 is 15.0 Å². The van der Waals surface area contributed by atoms with Crippen LogP contribution in [0.2, 0.25) is 0 Å². The Hall–Kier alpha value is -2.08. The summed E-state index contributed by atoms with van der Waals surface area (Å²) in [4.78, 5) is 26.1. The smallest absolute Gasteiger partial charge is 0.227 e. The maximum atomic E-state index is 12.6. The molecule has 1 aliphatic heterocycles. The predicted molar refractivity (Wildman–Crippen MR) is 92.4 cm³/mol. The zero-order valence-corrected chi connectivity index (χ0v) is 14.6. The first-order valence-electron chi connectivity index (χ1n) is 8.34. The second-order valence-electron chi connectivity index (χ2n) is 6.10. The molecule has 6 nitrogen and oxygen atoms in total. The maximum Gasteiger partial charge on any atom is 0.227 e. The van der Waals surface area contributed by atoms with Gasteiger partial charge in [0.15, 0.2) is 0 Å². The molecule has 1 heterocycles. The molecule has 0 fully saturated rings. The van der Waals surface area contributed by atoms with Crippen molar-refractivity contribution in [1.82, 2.24) is 5.32 Å². The summed E-state index contributed by atoms with van der Waals surface area (Å²) in [5.74, 6) is 0.561. The number of nitrogens with zero attached hydrogens (tertiary/aromatic N) is 1. The SMILES string of the molecule is COCCCNC(=O)CCC(=O)N1CC(C)Oc2ccc(C)cc21. The highest BCUT2D eigenvalue weighted by Crippen LogP contribution is 2.34. The summed E-state index contributed by atoms with van der Waals surface area (Å²) in [5, 5.41) is 2.80. The van der Waals surface area contributed by atoms with E-state index in [1.165, 1.54) is 0 Å². The van der Waals surface area contributed by atoms with Crippen molar-refractivity contribution in [2.24, 2.45) is 0 Å². The Balaban J connectivity index is 1.91. The van der Waals surface area contributed by atoms with Crippen molar-refractivity contribution in [3.63, 3.8) is 0 Å². The Kier molecular flexibility index (Phi) is 6.61. The summed E-state index contributed by atoms with van der Waals surface area (Å²) in [6.45, 7) is 5.60. The molecular formula is C18H26N2O4. The summed E-state index contributed by atoms with van der Waals surface area (Å²) in [6.07, 6.45) is 1.09. The van der Waals surface area contributed by atoms with Gasteiger partial charge >= 0.3 is 0 Å². The maximum absolute atomic E-state index is 12.6. The molecule has 2 amide bonds. The molecule has 0 radical (unpaired) electrons. The monoisotopic (exact) mass is 334 g/mol. The summed E-state index contributed by atoms with van der Waals surface area (Å²) < 4.78 is 10.7. The van der Waals surface area contributed by atoms with Crippen LogP contribution >= 0.6 is 0 Å². The van der Waals surface area contributed by atoms with Crippen LogP contribution in [0.5, 0.6) is 5.75 Å². The highest BCUT2D eigenvalue weighted by atomic mass is 16.5. The Morgan fingerprint density at radius 2 is 2.17 bits per heavy atom. The Morgan fingerprint density at radius 3 is 2.92 bits per heavy atom. The highest BCUT2D eigenvalue weighted by molar-refractivity contribution is 5.97. The molecule has 1 aliphatic rings. The fourth-order valence-corrected chi connectivity index (χ4v) is 2.67. The fourth-order valence-electron chi connectivity index (χ4n) is 2.67. The molecule has 1 atom stereocenters. The number of methoxy groups -OCH3 is 1.